The number of aromatic carboxylic acids is 1. The van der Waals surface area contributed by atoms with E-state index >= 15 is 0 Å². The number of carboxylic acid groups (broad SMARTS) is 1. The van der Waals surface area contributed by atoms with Crippen LogP contribution < -0.4 is 4.72 Å². The number of rotatable bonds is 4. The Bertz CT molecular complexity index is 800. The molecule has 0 aliphatic rings. The van der Waals surface area contributed by atoms with Crippen molar-refractivity contribution < 1.29 is 18.3 Å². The van der Waals surface area contributed by atoms with E-state index in [1.54, 1.807) is 26.1 Å². The Labute approximate surface area is 122 Å². The van der Waals surface area contributed by atoms with Gasteiger partial charge in [-0.1, -0.05) is 6.07 Å². The van der Waals surface area contributed by atoms with E-state index in [9.17, 15) is 13.2 Å². The molecule has 0 fully saturated rings. The third-order valence-electron chi connectivity index (χ3n) is 3.03. The van der Waals surface area contributed by atoms with Gasteiger partial charge in [0.25, 0.3) is 10.0 Å². The highest BCUT2D eigenvalue weighted by Gasteiger charge is 2.18. The van der Waals surface area contributed by atoms with E-state index in [4.69, 9.17) is 5.11 Å². The number of aromatic nitrogens is 1. The average Bonchev–Trinajstić information content (AvgIpc) is 2.41. The molecule has 110 valence electrons. The number of benzene rings is 1. The van der Waals surface area contributed by atoms with Gasteiger partial charge < -0.3 is 5.11 Å². The van der Waals surface area contributed by atoms with Crippen LogP contribution in [0.2, 0.25) is 0 Å². The minimum absolute atomic E-state index is 0.0409. The van der Waals surface area contributed by atoms with E-state index < -0.39 is 16.0 Å². The first-order valence-corrected chi connectivity index (χ1v) is 7.57. The van der Waals surface area contributed by atoms with E-state index in [2.05, 4.69) is 9.71 Å². The Morgan fingerprint density at radius 1 is 1.19 bits per heavy atom. The van der Waals surface area contributed by atoms with Gasteiger partial charge in [-0.05, 0) is 43.2 Å². The Morgan fingerprint density at radius 2 is 1.90 bits per heavy atom. The second kappa shape index (κ2) is 5.53. The van der Waals surface area contributed by atoms with Crippen LogP contribution in [0.3, 0.4) is 0 Å². The zero-order valence-corrected chi connectivity index (χ0v) is 12.3. The van der Waals surface area contributed by atoms with Gasteiger partial charge in [-0.25, -0.2) is 13.2 Å². The average molecular weight is 306 g/mol. The zero-order chi connectivity index (χ0) is 15.6. The maximum absolute atomic E-state index is 12.3. The molecule has 0 unspecified atom stereocenters. The van der Waals surface area contributed by atoms with Crippen molar-refractivity contribution in [3.63, 3.8) is 0 Å². The van der Waals surface area contributed by atoms with Crippen molar-refractivity contribution in [2.45, 2.75) is 18.7 Å². The van der Waals surface area contributed by atoms with Crippen LogP contribution in [0.5, 0.6) is 0 Å². The Morgan fingerprint density at radius 3 is 2.52 bits per heavy atom. The van der Waals surface area contributed by atoms with Gasteiger partial charge in [0.1, 0.15) is 0 Å². The molecule has 1 heterocycles. The number of sulfonamides is 1. The maximum atomic E-state index is 12.3. The van der Waals surface area contributed by atoms with Gasteiger partial charge in [-0.15, -0.1) is 0 Å². The lowest BCUT2D eigenvalue weighted by atomic mass is 10.1. The third kappa shape index (κ3) is 3.19. The zero-order valence-electron chi connectivity index (χ0n) is 11.5. The van der Waals surface area contributed by atoms with Crippen molar-refractivity contribution in [3.8, 4) is 0 Å². The largest absolute Gasteiger partial charge is 0.478 e. The van der Waals surface area contributed by atoms with Crippen LogP contribution in [-0.2, 0) is 10.0 Å². The lowest BCUT2D eigenvalue weighted by molar-refractivity contribution is 0.0696. The first-order chi connectivity index (χ1) is 9.81. The lowest BCUT2D eigenvalue weighted by Crippen LogP contribution is -2.15. The SMILES string of the molecule is Cc1ccncc1NS(=O)(=O)c1ccc(C)c(C(=O)O)c1. The van der Waals surface area contributed by atoms with E-state index in [0.717, 1.165) is 11.6 Å². The molecule has 0 aliphatic carbocycles. The van der Waals surface area contributed by atoms with Gasteiger partial charge in [0.2, 0.25) is 0 Å². The molecule has 0 saturated heterocycles. The smallest absolute Gasteiger partial charge is 0.335 e. The van der Waals surface area contributed by atoms with Gasteiger partial charge in [-0.2, -0.15) is 0 Å². The number of hydrogen-bond acceptors (Lipinski definition) is 4. The second-order valence-corrected chi connectivity index (χ2v) is 6.26. The van der Waals surface area contributed by atoms with Gasteiger partial charge in [-0.3, -0.25) is 9.71 Å². The number of carbonyl (C=O) groups is 1. The fourth-order valence-electron chi connectivity index (χ4n) is 1.77. The van der Waals surface area contributed by atoms with Gasteiger partial charge in [0, 0.05) is 6.20 Å². The summed E-state index contributed by atoms with van der Waals surface area (Å²) in [6.45, 7) is 3.36. The summed E-state index contributed by atoms with van der Waals surface area (Å²) >= 11 is 0. The number of aryl methyl sites for hydroxylation is 2. The first kappa shape index (κ1) is 15.0. The van der Waals surface area contributed by atoms with E-state index in [0.29, 0.717) is 11.3 Å². The number of pyridine rings is 1. The summed E-state index contributed by atoms with van der Waals surface area (Å²) in [7, 11) is -3.86. The summed E-state index contributed by atoms with van der Waals surface area (Å²) in [6.07, 6.45) is 2.96. The summed E-state index contributed by atoms with van der Waals surface area (Å²) in [5, 5.41) is 9.06. The molecular weight excluding hydrogens is 292 g/mol. The summed E-state index contributed by atoms with van der Waals surface area (Å²) in [5.74, 6) is -1.16. The van der Waals surface area contributed by atoms with Gasteiger partial charge in [0.15, 0.2) is 0 Å². The molecule has 7 heteroatoms. The quantitative estimate of drug-likeness (QED) is 0.902. The van der Waals surface area contributed by atoms with Crippen LogP contribution in [0.1, 0.15) is 21.5 Å². The normalized spacial score (nSPS) is 11.1. The van der Waals surface area contributed by atoms with Crippen LogP contribution in [0, 0.1) is 13.8 Å². The molecule has 0 amide bonds. The minimum Gasteiger partial charge on any atom is -0.478 e. The minimum atomic E-state index is -3.86. The van der Waals surface area contributed by atoms with Crippen molar-refractivity contribution in [2.75, 3.05) is 4.72 Å². The highest BCUT2D eigenvalue weighted by atomic mass is 32.2. The summed E-state index contributed by atoms with van der Waals surface area (Å²) < 4.78 is 27.0. The van der Waals surface area contributed by atoms with Gasteiger partial charge >= 0.3 is 5.97 Å². The fourth-order valence-corrected chi connectivity index (χ4v) is 2.91. The highest BCUT2D eigenvalue weighted by molar-refractivity contribution is 7.92. The van der Waals surface area contributed by atoms with Crippen molar-refractivity contribution in [1.29, 1.82) is 0 Å². The molecule has 0 saturated carbocycles. The molecule has 0 radical (unpaired) electrons. The van der Waals surface area contributed by atoms with Crippen molar-refractivity contribution in [2.24, 2.45) is 0 Å². The Hall–Kier alpha value is -2.41. The number of hydrogen-bond donors (Lipinski definition) is 2. The molecule has 0 atom stereocenters. The number of carboxylic acids is 1. The molecule has 1 aromatic carbocycles. The molecule has 1 aromatic heterocycles. The molecular formula is C14H14N2O4S. The molecule has 2 aromatic rings. The molecule has 21 heavy (non-hydrogen) atoms. The molecule has 0 bridgehead atoms. The van der Waals surface area contributed by atoms with Crippen molar-refractivity contribution >= 4 is 21.7 Å². The third-order valence-corrected chi connectivity index (χ3v) is 4.40. The maximum Gasteiger partial charge on any atom is 0.335 e. The topological polar surface area (TPSA) is 96.4 Å². The first-order valence-electron chi connectivity index (χ1n) is 6.08. The molecule has 2 N–H and O–H groups in total. The number of anilines is 1. The van der Waals surface area contributed by atoms with Crippen molar-refractivity contribution in [3.05, 3.63) is 53.3 Å². The van der Waals surface area contributed by atoms with Crippen LogP contribution in [-0.4, -0.2) is 24.5 Å². The lowest BCUT2D eigenvalue weighted by Gasteiger charge is -2.11. The molecule has 6 nitrogen and oxygen atoms in total. The molecule has 0 aliphatic heterocycles. The van der Waals surface area contributed by atoms with Crippen LogP contribution in [0.25, 0.3) is 0 Å². The molecule has 2 rings (SSSR count). The monoisotopic (exact) mass is 306 g/mol. The van der Waals surface area contributed by atoms with Crippen LogP contribution in [0.4, 0.5) is 5.69 Å². The van der Waals surface area contributed by atoms with Crippen LogP contribution >= 0.6 is 0 Å². The predicted molar refractivity (Wildman–Crippen MR) is 77.9 cm³/mol. The van der Waals surface area contributed by atoms with E-state index in [1.807, 2.05) is 0 Å². The predicted octanol–water partition coefficient (Wildman–Crippen LogP) is 2.20. The number of nitrogens with one attached hydrogen (secondary N) is 1. The van der Waals surface area contributed by atoms with Crippen molar-refractivity contribution in [1.82, 2.24) is 4.98 Å². The molecule has 0 spiro atoms. The Balaban J connectivity index is 2.43. The second-order valence-electron chi connectivity index (χ2n) is 4.58. The van der Waals surface area contributed by atoms with E-state index in [-0.39, 0.29) is 10.5 Å². The Kier molecular flexibility index (Phi) is 3.95. The highest BCUT2D eigenvalue weighted by Crippen LogP contribution is 2.20. The van der Waals surface area contributed by atoms with E-state index in [1.165, 1.54) is 18.3 Å². The summed E-state index contributed by atoms with van der Waals surface area (Å²) in [4.78, 5) is 14.8. The number of nitrogens with zero attached hydrogens (tertiary/aromatic N) is 1. The summed E-state index contributed by atoms with van der Waals surface area (Å²) in [5.41, 5.74) is 1.54. The van der Waals surface area contributed by atoms with Gasteiger partial charge in [0.05, 0.1) is 22.3 Å². The standard InChI is InChI=1S/C14H14N2O4S/c1-9-3-4-11(7-12(9)14(17)18)21(19,20)16-13-8-15-6-5-10(13)2/h3-8,16H,1-2H3,(H,17,18). The fraction of sp³-hybridized carbons (Fsp3) is 0.143. The van der Waals surface area contributed by atoms with Crippen LogP contribution in [0.15, 0.2) is 41.6 Å². The summed E-state index contributed by atoms with van der Waals surface area (Å²) in [6, 6.07) is 5.66.